The maximum absolute atomic E-state index is 14.5. The monoisotopic (exact) mass is 414 g/mol. The van der Waals surface area contributed by atoms with Gasteiger partial charge in [-0.2, -0.15) is 13.2 Å². The van der Waals surface area contributed by atoms with E-state index in [9.17, 15) is 30.8 Å². The number of hydrogen-bond acceptors (Lipinski definition) is 3. The molecule has 5 nitrogen and oxygen atoms in total. The molecule has 0 aliphatic heterocycles. The van der Waals surface area contributed by atoms with Gasteiger partial charge in [-0.25, -0.2) is 17.5 Å². The van der Waals surface area contributed by atoms with Crippen molar-refractivity contribution in [2.75, 3.05) is 6.26 Å². The quantitative estimate of drug-likeness (QED) is 0.665. The van der Waals surface area contributed by atoms with Gasteiger partial charge in [-0.05, 0) is 29.8 Å². The van der Waals surface area contributed by atoms with E-state index >= 15 is 0 Å². The van der Waals surface area contributed by atoms with Crippen molar-refractivity contribution >= 4 is 26.8 Å². The predicted octanol–water partition coefficient (Wildman–Crippen LogP) is 3.69. The molecule has 0 radical (unpaired) electrons. The number of carbonyl (C=O) groups is 1. The molecule has 0 saturated heterocycles. The van der Waals surface area contributed by atoms with Crippen LogP contribution < -0.4 is 4.72 Å². The van der Waals surface area contributed by atoms with Gasteiger partial charge in [0.1, 0.15) is 5.82 Å². The highest BCUT2D eigenvalue weighted by molar-refractivity contribution is 7.89. The second kappa shape index (κ2) is 6.62. The van der Waals surface area contributed by atoms with Gasteiger partial charge in [0.2, 0.25) is 10.0 Å². The normalized spacial score (nSPS) is 12.4. The molecule has 0 unspecified atom stereocenters. The molecule has 0 spiro atoms. The van der Waals surface area contributed by atoms with Gasteiger partial charge in [0.05, 0.1) is 17.4 Å². The Bertz CT molecular complexity index is 1180. The summed E-state index contributed by atoms with van der Waals surface area (Å²) in [6.07, 6.45) is -2.11. The molecule has 10 heteroatoms. The van der Waals surface area contributed by atoms with Crippen molar-refractivity contribution in [1.29, 1.82) is 0 Å². The Kier molecular flexibility index (Phi) is 4.70. The van der Waals surface area contributed by atoms with Crippen LogP contribution in [0.15, 0.2) is 42.6 Å². The minimum atomic E-state index is -4.47. The molecular formula is C18H14F4N2O3S. The molecule has 3 rings (SSSR count). The van der Waals surface area contributed by atoms with Crippen molar-refractivity contribution in [3.8, 4) is 11.1 Å². The second-order valence-corrected chi connectivity index (χ2v) is 8.03. The summed E-state index contributed by atoms with van der Waals surface area (Å²) in [4.78, 5) is 12.0. The Balaban J connectivity index is 2.10. The fourth-order valence-corrected chi connectivity index (χ4v) is 3.32. The van der Waals surface area contributed by atoms with Crippen LogP contribution in [0.25, 0.3) is 22.0 Å². The van der Waals surface area contributed by atoms with Gasteiger partial charge < -0.3 is 4.57 Å². The summed E-state index contributed by atoms with van der Waals surface area (Å²) in [5, 5.41) is 0.371. The van der Waals surface area contributed by atoms with E-state index in [2.05, 4.69) is 0 Å². The van der Waals surface area contributed by atoms with E-state index < -0.39 is 39.1 Å². The van der Waals surface area contributed by atoms with Gasteiger partial charge in [-0.1, -0.05) is 12.1 Å². The van der Waals surface area contributed by atoms with Crippen molar-refractivity contribution in [2.45, 2.75) is 6.18 Å². The molecule has 28 heavy (non-hydrogen) atoms. The number of sulfonamides is 1. The van der Waals surface area contributed by atoms with Crippen LogP contribution in [0.3, 0.4) is 0 Å². The molecule has 0 aliphatic carbocycles. The zero-order valence-corrected chi connectivity index (χ0v) is 15.5. The summed E-state index contributed by atoms with van der Waals surface area (Å²) in [5.74, 6) is -2.06. The van der Waals surface area contributed by atoms with Gasteiger partial charge in [0.25, 0.3) is 5.91 Å². The maximum atomic E-state index is 14.5. The van der Waals surface area contributed by atoms with Crippen molar-refractivity contribution in [2.24, 2.45) is 7.05 Å². The number of nitrogens with one attached hydrogen (secondary N) is 1. The number of rotatable bonds is 3. The second-order valence-electron chi connectivity index (χ2n) is 6.28. The van der Waals surface area contributed by atoms with Crippen LogP contribution in [-0.4, -0.2) is 25.1 Å². The zero-order valence-electron chi connectivity index (χ0n) is 14.6. The summed E-state index contributed by atoms with van der Waals surface area (Å²) in [7, 11) is -2.25. The molecule has 0 fully saturated rings. The first-order chi connectivity index (χ1) is 12.9. The van der Waals surface area contributed by atoms with Crippen LogP contribution in [0.5, 0.6) is 0 Å². The van der Waals surface area contributed by atoms with Gasteiger partial charge in [-0.3, -0.25) is 4.79 Å². The number of amides is 1. The SMILES string of the molecule is Cn1cc(-c2ccc(C(F)(F)F)cc2)c2cc(F)c(C(=O)NS(C)(=O)=O)cc21. The van der Waals surface area contributed by atoms with Crippen LogP contribution in [0.2, 0.25) is 0 Å². The van der Waals surface area contributed by atoms with Gasteiger partial charge in [0, 0.05) is 29.7 Å². The number of nitrogens with zero attached hydrogens (tertiary/aromatic N) is 1. The molecule has 3 aromatic rings. The van der Waals surface area contributed by atoms with E-state index in [1.54, 1.807) is 22.5 Å². The Morgan fingerprint density at radius 3 is 2.25 bits per heavy atom. The summed E-state index contributed by atoms with van der Waals surface area (Å²) < 4.78 is 78.3. The maximum Gasteiger partial charge on any atom is 0.416 e. The third kappa shape index (κ3) is 3.86. The number of hydrogen-bond donors (Lipinski definition) is 1. The van der Waals surface area contributed by atoms with Crippen LogP contribution in [0.1, 0.15) is 15.9 Å². The summed E-state index contributed by atoms with van der Waals surface area (Å²) in [6, 6.07) is 6.66. The molecule has 0 saturated carbocycles. The third-order valence-corrected chi connectivity index (χ3v) is 4.68. The summed E-state index contributed by atoms with van der Waals surface area (Å²) in [6.45, 7) is 0. The fraction of sp³-hybridized carbons (Fsp3) is 0.167. The van der Waals surface area contributed by atoms with Crippen LogP contribution in [0, 0.1) is 5.82 Å². The van der Waals surface area contributed by atoms with Gasteiger partial charge in [0.15, 0.2) is 0 Å². The largest absolute Gasteiger partial charge is 0.416 e. The van der Waals surface area contributed by atoms with Gasteiger partial charge in [-0.15, -0.1) is 0 Å². The molecular weight excluding hydrogens is 400 g/mol. The molecule has 1 heterocycles. The molecule has 0 bridgehead atoms. The molecule has 1 aromatic heterocycles. The summed E-state index contributed by atoms with van der Waals surface area (Å²) in [5.41, 5.74) is 0.0574. The van der Waals surface area contributed by atoms with E-state index in [0.717, 1.165) is 24.5 Å². The first-order valence-electron chi connectivity index (χ1n) is 7.85. The lowest BCUT2D eigenvalue weighted by Gasteiger charge is -2.08. The van der Waals surface area contributed by atoms with Crippen LogP contribution >= 0.6 is 0 Å². The van der Waals surface area contributed by atoms with Crippen molar-refractivity contribution in [1.82, 2.24) is 9.29 Å². The third-order valence-electron chi connectivity index (χ3n) is 4.12. The van der Waals surface area contributed by atoms with Gasteiger partial charge >= 0.3 is 6.18 Å². The highest BCUT2D eigenvalue weighted by atomic mass is 32.2. The fourth-order valence-electron chi connectivity index (χ4n) is 2.87. The van der Waals surface area contributed by atoms with Crippen molar-refractivity contribution in [3.63, 3.8) is 0 Å². The standard InChI is InChI=1S/C18H14F4N2O3S/c1-24-9-14(10-3-5-11(6-4-10)18(20,21)22)12-7-15(19)13(8-16(12)24)17(25)23-28(2,26)27/h3-9H,1-2H3,(H,23,25). The first kappa shape index (κ1) is 19.9. The van der Waals surface area contributed by atoms with Crippen molar-refractivity contribution in [3.05, 3.63) is 59.5 Å². The molecule has 148 valence electrons. The average molecular weight is 414 g/mol. The van der Waals surface area contributed by atoms with Crippen LogP contribution in [0.4, 0.5) is 17.6 Å². The summed E-state index contributed by atoms with van der Waals surface area (Å²) >= 11 is 0. The lowest BCUT2D eigenvalue weighted by molar-refractivity contribution is -0.137. The number of benzene rings is 2. The van der Waals surface area contributed by atoms with E-state index in [-0.39, 0.29) is 0 Å². The van der Waals surface area contributed by atoms with Crippen LogP contribution in [-0.2, 0) is 23.2 Å². The number of halogens is 4. The Labute approximate surface area is 157 Å². The molecule has 1 amide bonds. The predicted molar refractivity (Wildman–Crippen MR) is 95.6 cm³/mol. The number of alkyl halides is 3. The smallest absolute Gasteiger partial charge is 0.350 e. The molecule has 2 aromatic carbocycles. The van der Waals surface area contributed by atoms with E-state index in [1.807, 2.05) is 0 Å². The van der Waals surface area contributed by atoms with E-state index in [0.29, 0.717) is 22.0 Å². The van der Waals surface area contributed by atoms with Crippen molar-refractivity contribution < 1.29 is 30.8 Å². The highest BCUT2D eigenvalue weighted by Gasteiger charge is 2.30. The Morgan fingerprint density at radius 2 is 1.71 bits per heavy atom. The van der Waals surface area contributed by atoms with E-state index in [1.165, 1.54) is 18.2 Å². The zero-order chi connectivity index (χ0) is 20.9. The lowest BCUT2D eigenvalue weighted by atomic mass is 10.0. The number of aryl methyl sites for hydroxylation is 1. The molecule has 1 N–H and O–H groups in total. The molecule has 0 atom stereocenters. The number of aromatic nitrogens is 1. The number of carbonyl (C=O) groups excluding carboxylic acids is 1. The Hall–Kier alpha value is -2.88. The highest BCUT2D eigenvalue weighted by Crippen LogP contribution is 2.35. The average Bonchev–Trinajstić information content (AvgIpc) is 2.88. The topological polar surface area (TPSA) is 68.2 Å². The van der Waals surface area contributed by atoms with E-state index in [4.69, 9.17) is 0 Å². The Morgan fingerprint density at radius 1 is 1.11 bits per heavy atom. The minimum Gasteiger partial charge on any atom is -0.350 e. The molecule has 0 aliphatic rings. The first-order valence-corrected chi connectivity index (χ1v) is 9.74. The minimum absolute atomic E-state index is 0.371. The number of fused-ring (bicyclic) bond motifs is 1. The lowest BCUT2D eigenvalue weighted by Crippen LogP contribution is -2.30.